The van der Waals surface area contributed by atoms with Crippen molar-refractivity contribution in [1.29, 1.82) is 0 Å². The van der Waals surface area contributed by atoms with Gasteiger partial charge in [0.1, 0.15) is 0 Å². The van der Waals surface area contributed by atoms with E-state index in [-0.39, 0.29) is 18.4 Å². The van der Waals surface area contributed by atoms with Crippen LogP contribution < -0.4 is 10.1 Å². The highest BCUT2D eigenvalue weighted by atomic mass is 19.3. The highest BCUT2D eigenvalue weighted by Gasteiger charge is 2.24. The molecule has 0 bridgehead atoms. The van der Waals surface area contributed by atoms with E-state index in [1.807, 2.05) is 13.8 Å². The second kappa shape index (κ2) is 7.87. The van der Waals surface area contributed by atoms with Gasteiger partial charge >= 0.3 is 0 Å². The van der Waals surface area contributed by atoms with Crippen molar-refractivity contribution >= 4 is 5.91 Å². The van der Waals surface area contributed by atoms with Crippen molar-refractivity contribution in [3.63, 3.8) is 0 Å². The third kappa shape index (κ3) is 5.63. The van der Waals surface area contributed by atoms with Crippen LogP contribution in [-0.4, -0.2) is 41.2 Å². The Morgan fingerprint density at radius 1 is 1.52 bits per heavy atom. The van der Waals surface area contributed by atoms with Crippen LogP contribution in [0.1, 0.15) is 37.0 Å². The molecule has 0 aliphatic heterocycles. The average Bonchev–Trinajstić information content (AvgIpc) is 2.45. The van der Waals surface area contributed by atoms with Gasteiger partial charge in [-0.05, 0) is 25.8 Å². The summed E-state index contributed by atoms with van der Waals surface area (Å²) < 4.78 is 28.7. The first-order chi connectivity index (χ1) is 9.90. The minimum absolute atomic E-state index is 0.0245. The van der Waals surface area contributed by atoms with Crippen LogP contribution in [0.2, 0.25) is 0 Å². The second-order valence-corrected chi connectivity index (χ2v) is 4.93. The van der Waals surface area contributed by atoms with Gasteiger partial charge in [-0.1, -0.05) is 6.92 Å². The average molecular weight is 302 g/mol. The maximum absolute atomic E-state index is 12.1. The van der Waals surface area contributed by atoms with E-state index in [1.165, 1.54) is 18.3 Å². The van der Waals surface area contributed by atoms with Crippen LogP contribution >= 0.6 is 0 Å². The van der Waals surface area contributed by atoms with E-state index in [0.717, 1.165) is 0 Å². The molecule has 0 aliphatic carbocycles. The minimum atomic E-state index is -2.57. The Morgan fingerprint density at radius 3 is 2.71 bits per heavy atom. The number of alkyl halides is 2. The fraction of sp³-hybridized carbons (Fsp3) is 0.571. The van der Waals surface area contributed by atoms with Crippen molar-refractivity contribution in [3.8, 4) is 5.88 Å². The number of nitrogens with one attached hydrogen (secondary N) is 1. The molecule has 1 unspecified atom stereocenters. The van der Waals surface area contributed by atoms with Gasteiger partial charge in [0.05, 0.1) is 5.56 Å². The third-order valence-corrected chi connectivity index (χ3v) is 3.21. The molecule has 5 nitrogen and oxygen atoms in total. The predicted molar refractivity (Wildman–Crippen MR) is 73.6 cm³/mol. The van der Waals surface area contributed by atoms with Crippen molar-refractivity contribution in [2.45, 2.75) is 38.7 Å². The van der Waals surface area contributed by atoms with E-state index in [0.29, 0.717) is 18.4 Å². The normalized spacial score (nSPS) is 13.8. The predicted octanol–water partition coefficient (Wildman–Crippen LogP) is 2.01. The zero-order valence-corrected chi connectivity index (χ0v) is 12.1. The Kier molecular flexibility index (Phi) is 6.48. The molecule has 21 heavy (non-hydrogen) atoms. The quantitative estimate of drug-likeness (QED) is 0.770. The third-order valence-electron chi connectivity index (χ3n) is 3.21. The highest BCUT2D eigenvalue weighted by Crippen LogP contribution is 2.15. The van der Waals surface area contributed by atoms with Gasteiger partial charge in [-0.2, -0.15) is 0 Å². The van der Waals surface area contributed by atoms with Crippen molar-refractivity contribution in [3.05, 3.63) is 23.9 Å². The molecule has 1 atom stereocenters. The van der Waals surface area contributed by atoms with E-state index in [1.54, 1.807) is 0 Å². The SMILES string of the molecule is CCC(C)(CCO)NC(=O)c1ccc(OCC(F)F)nc1. The molecule has 1 aromatic rings. The number of hydrogen-bond acceptors (Lipinski definition) is 4. The molecule has 0 radical (unpaired) electrons. The summed E-state index contributed by atoms with van der Waals surface area (Å²) in [4.78, 5) is 15.9. The van der Waals surface area contributed by atoms with Crippen molar-refractivity contribution in [2.24, 2.45) is 0 Å². The number of hydrogen-bond donors (Lipinski definition) is 2. The number of carbonyl (C=O) groups excluding carboxylic acids is 1. The van der Waals surface area contributed by atoms with E-state index in [9.17, 15) is 13.6 Å². The fourth-order valence-corrected chi connectivity index (χ4v) is 1.67. The number of aromatic nitrogens is 1. The first-order valence-electron chi connectivity index (χ1n) is 6.70. The summed E-state index contributed by atoms with van der Waals surface area (Å²) in [5.74, 6) is -0.291. The number of halogens is 2. The Labute approximate surface area is 122 Å². The lowest BCUT2D eigenvalue weighted by atomic mass is 9.94. The van der Waals surface area contributed by atoms with E-state index >= 15 is 0 Å². The van der Waals surface area contributed by atoms with Crippen molar-refractivity contribution < 1.29 is 23.4 Å². The molecule has 0 aliphatic rings. The van der Waals surface area contributed by atoms with Gasteiger partial charge in [0.2, 0.25) is 5.88 Å². The van der Waals surface area contributed by atoms with Crippen LogP contribution in [-0.2, 0) is 0 Å². The molecular formula is C14H20F2N2O3. The number of aliphatic hydroxyl groups excluding tert-OH is 1. The van der Waals surface area contributed by atoms with Gasteiger partial charge in [0, 0.05) is 24.4 Å². The summed E-state index contributed by atoms with van der Waals surface area (Å²) in [6, 6.07) is 2.82. The summed E-state index contributed by atoms with van der Waals surface area (Å²) in [5.41, 5.74) is -0.201. The summed E-state index contributed by atoms with van der Waals surface area (Å²) >= 11 is 0. The van der Waals surface area contributed by atoms with E-state index in [2.05, 4.69) is 10.3 Å². The molecule has 7 heteroatoms. The van der Waals surface area contributed by atoms with Gasteiger partial charge in [0.25, 0.3) is 12.3 Å². The lowest BCUT2D eigenvalue weighted by Gasteiger charge is -2.28. The number of nitrogens with zero attached hydrogens (tertiary/aromatic N) is 1. The monoisotopic (exact) mass is 302 g/mol. The van der Waals surface area contributed by atoms with Crippen molar-refractivity contribution in [2.75, 3.05) is 13.2 Å². The van der Waals surface area contributed by atoms with Gasteiger partial charge in [-0.25, -0.2) is 13.8 Å². The lowest BCUT2D eigenvalue weighted by Crippen LogP contribution is -2.46. The molecular weight excluding hydrogens is 282 g/mol. The zero-order valence-electron chi connectivity index (χ0n) is 12.1. The number of pyridine rings is 1. The number of ether oxygens (including phenoxy) is 1. The minimum Gasteiger partial charge on any atom is -0.472 e. The van der Waals surface area contributed by atoms with Gasteiger partial charge in [-0.15, -0.1) is 0 Å². The molecule has 0 spiro atoms. The maximum atomic E-state index is 12.1. The number of carbonyl (C=O) groups is 1. The fourth-order valence-electron chi connectivity index (χ4n) is 1.67. The molecule has 0 fully saturated rings. The molecule has 118 valence electrons. The molecule has 0 saturated heterocycles. The maximum Gasteiger partial charge on any atom is 0.272 e. The van der Waals surface area contributed by atoms with Crippen molar-refractivity contribution in [1.82, 2.24) is 10.3 Å². The second-order valence-electron chi connectivity index (χ2n) is 4.93. The largest absolute Gasteiger partial charge is 0.472 e. The molecule has 2 N–H and O–H groups in total. The van der Waals surface area contributed by atoms with Crippen LogP contribution in [0, 0.1) is 0 Å². The Balaban J connectivity index is 2.66. The Bertz CT molecular complexity index is 454. The Morgan fingerprint density at radius 2 is 2.24 bits per heavy atom. The van der Waals surface area contributed by atoms with Crippen LogP contribution in [0.25, 0.3) is 0 Å². The molecule has 0 aromatic carbocycles. The summed E-state index contributed by atoms with van der Waals surface area (Å²) in [5, 5.41) is 11.8. The molecule has 1 rings (SSSR count). The van der Waals surface area contributed by atoms with Gasteiger partial charge < -0.3 is 15.2 Å². The van der Waals surface area contributed by atoms with Gasteiger partial charge in [-0.3, -0.25) is 4.79 Å². The first-order valence-corrected chi connectivity index (χ1v) is 6.70. The number of amides is 1. The summed E-state index contributed by atoms with van der Waals surface area (Å²) in [7, 11) is 0. The standard InChI is InChI=1S/C14H20F2N2O3/c1-3-14(2,6-7-19)18-13(20)10-4-5-12(17-8-10)21-9-11(15)16/h4-5,8,11,19H,3,6-7,9H2,1-2H3,(H,18,20). The Hall–Kier alpha value is -1.76. The topological polar surface area (TPSA) is 71.5 Å². The van der Waals surface area contributed by atoms with E-state index < -0.39 is 18.6 Å². The molecule has 0 saturated carbocycles. The highest BCUT2D eigenvalue weighted by molar-refractivity contribution is 5.94. The number of aliphatic hydroxyl groups is 1. The van der Waals surface area contributed by atoms with Crippen LogP contribution in [0.3, 0.4) is 0 Å². The van der Waals surface area contributed by atoms with Crippen LogP contribution in [0.15, 0.2) is 18.3 Å². The van der Waals surface area contributed by atoms with Crippen LogP contribution in [0.5, 0.6) is 5.88 Å². The lowest BCUT2D eigenvalue weighted by molar-refractivity contribution is 0.0793. The summed E-state index contributed by atoms with van der Waals surface area (Å²) in [6.45, 7) is 3.00. The van der Waals surface area contributed by atoms with Gasteiger partial charge in [0.15, 0.2) is 6.61 Å². The summed E-state index contributed by atoms with van der Waals surface area (Å²) in [6.07, 6.45) is -0.190. The molecule has 1 amide bonds. The molecule has 1 aromatic heterocycles. The molecule has 1 heterocycles. The number of rotatable bonds is 8. The van der Waals surface area contributed by atoms with Crippen LogP contribution in [0.4, 0.5) is 8.78 Å². The smallest absolute Gasteiger partial charge is 0.272 e. The first kappa shape index (κ1) is 17.3. The zero-order chi connectivity index (χ0) is 15.9. The van der Waals surface area contributed by atoms with E-state index in [4.69, 9.17) is 9.84 Å².